The monoisotopic (exact) mass is 826 g/mol. The van der Waals surface area contributed by atoms with E-state index in [1.54, 1.807) is 11.3 Å². The summed E-state index contributed by atoms with van der Waals surface area (Å²) in [7, 11) is 0. The van der Waals surface area contributed by atoms with Crippen molar-refractivity contribution in [2.75, 3.05) is 0 Å². The second kappa shape index (κ2) is 14.2. The predicted octanol–water partition coefficient (Wildman–Crippen LogP) is 15.1. The fourth-order valence-corrected chi connectivity index (χ4v) is 10.4. The fourth-order valence-electron chi connectivity index (χ4n) is 9.22. The van der Waals surface area contributed by atoms with Crippen molar-refractivity contribution in [3.63, 3.8) is 0 Å². The molecule has 6 heteroatoms. The third-order valence-electron chi connectivity index (χ3n) is 12.0. The highest BCUT2D eigenvalue weighted by Gasteiger charge is 2.22. The number of nitrogens with zero attached hydrogens (tertiary/aromatic N) is 5. The maximum absolute atomic E-state index is 8.79. The summed E-state index contributed by atoms with van der Waals surface area (Å²) in [6.45, 7) is 0. The molecule has 0 saturated heterocycles. The highest BCUT2D eigenvalue weighted by Crippen LogP contribution is 2.44. The SMILES string of the molecule is [2H]c1c([2H])c([2H])c(-c2ccc3c(c2)sc2c(-c4nc(-c5ccccc5)nc(-c5ccc6c7ccccc7n(-c7ccccc7)c6c5)n4)cc(-n4c5ccccc5c5ccccc54)cc23)c([2H])c1[2H]. The van der Waals surface area contributed by atoms with E-state index in [0.717, 1.165) is 91.8 Å². The van der Waals surface area contributed by atoms with Crippen molar-refractivity contribution in [3.8, 4) is 56.7 Å². The van der Waals surface area contributed by atoms with Crippen LogP contribution in [-0.2, 0) is 0 Å². The fraction of sp³-hybridized carbons (Fsp3) is 0. The summed E-state index contributed by atoms with van der Waals surface area (Å²) in [5.41, 5.74) is 9.46. The third-order valence-corrected chi connectivity index (χ3v) is 13.2. The molecule has 0 aliphatic carbocycles. The Morgan fingerprint density at radius 3 is 1.59 bits per heavy atom. The molecular formula is C57H35N5S. The van der Waals surface area contributed by atoms with E-state index in [9.17, 15) is 0 Å². The number of fused-ring (bicyclic) bond motifs is 9. The van der Waals surface area contributed by atoms with E-state index in [-0.39, 0.29) is 29.7 Å². The molecule has 0 spiro atoms. The number of thiophene rings is 1. The van der Waals surface area contributed by atoms with Crippen LogP contribution in [-0.4, -0.2) is 24.1 Å². The molecule has 0 aliphatic heterocycles. The quantitative estimate of drug-likeness (QED) is 0.168. The molecule has 13 rings (SSSR count). The highest BCUT2D eigenvalue weighted by molar-refractivity contribution is 7.26. The number of aromatic nitrogens is 5. The van der Waals surface area contributed by atoms with Crippen LogP contribution in [0.5, 0.6) is 0 Å². The van der Waals surface area contributed by atoms with Crippen molar-refractivity contribution >= 4 is 75.1 Å². The number of benzene rings is 9. The summed E-state index contributed by atoms with van der Waals surface area (Å²) >= 11 is 1.57. The van der Waals surface area contributed by atoms with Crippen molar-refractivity contribution in [1.29, 1.82) is 0 Å². The van der Waals surface area contributed by atoms with Crippen LogP contribution in [0, 0.1) is 0 Å². The van der Waals surface area contributed by atoms with Crippen LogP contribution in [0.25, 0.3) is 120 Å². The van der Waals surface area contributed by atoms with Gasteiger partial charge in [0.05, 0.1) is 28.9 Å². The molecule has 0 bridgehead atoms. The molecule has 0 atom stereocenters. The topological polar surface area (TPSA) is 48.5 Å². The molecule has 0 amide bonds. The molecule has 0 aliphatic rings. The van der Waals surface area contributed by atoms with Crippen LogP contribution in [0.1, 0.15) is 6.85 Å². The normalized spacial score (nSPS) is 12.9. The number of hydrogen-bond acceptors (Lipinski definition) is 4. The maximum Gasteiger partial charge on any atom is 0.165 e. The Bertz CT molecular complexity index is 4140. The summed E-state index contributed by atoms with van der Waals surface area (Å²) in [5.74, 6) is 1.57. The van der Waals surface area contributed by atoms with Gasteiger partial charge in [0.25, 0.3) is 0 Å². The molecule has 0 fully saturated rings. The summed E-state index contributed by atoms with van der Waals surface area (Å²) in [4.78, 5) is 15.9. The van der Waals surface area contributed by atoms with Crippen molar-refractivity contribution in [1.82, 2.24) is 24.1 Å². The molecule has 0 unspecified atom stereocenters. The van der Waals surface area contributed by atoms with Gasteiger partial charge in [-0.05, 0) is 65.7 Å². The van der Waals surface area contributed by atoms with Crippen LogP contribution in [0.3, 0.4) is 0 Å². The zero-order chi connectivity index (χ0) is 45.8. The van der Waals surface area contributed by atoms with Crippen LogP contribution >= 0.6 is 11.3 Å². The van der Waals surface area contributed by atoms with Gasteiger partial charge in [0.15, 0.2) is 17.5 Å². The Labute approximate surface area is 373 Å². The van der Waals surface area contributed by atoms with Gasteiger partial charge in [-0.25, -0.2) is 15.0 Å². The molecular weight excluding hydrogens is 787 g/mol. The lowest BCUT2D eigenvalue weighted by molar-refractivity contribution is 1.07. The van der Waals surface area contributed by atoms with E-state index in [1.165, 1.54) is 0 Å². The summed E-state index contributed by atoms with van der Waals surface area (Å²) in [5, 5.41) is 6.49. The molecule has 294 valence electrons. The van der Waals surface area contributed by atoms with Gasteiger partial charge in [-0.1, -0.05) is 158 Å². The van der Waals surface area contributed by atoms with E-state index in [4.69, 9.17) is 21.8 Å². The molecule has 0 radical (unpaired) electrons. The smallest absolute Gasteiger partial charge is 0.165 e. The minimum absolute atomic E-state index is 0.166. The minimum atomic E-state index is -0.418. The number of hydrogen-bond donors (Lipinski definition) is 0. The molecule has 13 aromatic rings. The Morgan fingerprint density at radius 2 is 0.905 bits per heavy atom. The summed E-state index contributed by atoms with van der Waals surface area (Å²) in [6, 6.07) is 60.8. The Hall–Kier alpha value is -8.19. The zero-order valence-corrected chi connectivity index (χ0v) is 34.3. The van der Waals surface area contributed by atoms with Crippen LogP contribution in [0.2, 0.25) is 0 Å². The van der Waals surface area contributed by atoms with Gasteiger partial charge in [-0.3, -0.25) is 0 Å². The minimum Gasteiger partial charge on any atom is -0.309 e. The Kier molecular flexibility index (Phi) is 6.94. The lowest BCUT2D eigenvalue weighted by Crippen LogP contribution is -2.02. The molecule has 0 N–H and O–H groups in total. The highest BCUT2D eigenvalue weighted by atomic mass is 32.1. The number of rotatable bonds is 6. The van der Waals surface area contributed by atoms with Gasteiger partial charge in [-0.2, -0.15) is 0 Å². The van der Waals surface area contributed by atoms with Crippen LogP contribution < -0.4 is 0 Å². The van der Waals surface area contributed by atoms with Crippen LogP contribution in [0.15, 0.2) is 212 Å². The Balaban J connectivity index is 1.10. The van der Waals surface area contributed by atoms with Crippen LogP contribution in [0.4, 0.5) is 0 Å². The molecule has 0 saturated carbocycles. The largest absolute Gasteiger partial charge is 0.309 e. The van der Waals surface area contributed by atoms with Gasteiger partial charge in [-0.15, -0.1) is 11.3 Å². The number of para-hydroxylation sites is 4. The molecule has 4 aromatic heterocycles. The standard InChI is InChI=1S/C57H35N5S/c1-4-16-36(17-5-1)38-28-31-46-47-34-41(62-50-26-14-10-22-42(50)43-23-11-15-27-51(43)62)35-48(54(47)63-53(46)33-38)57-59-55(37-18-6-2-7-19-37)58-56(60-57)39-29-30-45-44-24-12-13-25-49(44)61(52(45)32-39)40-20-8-3-9-21-40/h1-35H/i1D,4D,5D,16D,17D. The summed E-state index contributed by atoms with van der Waals surface area (Å²) < 4.78 is 49.0. The summed E-state index contributed by atoms with van der Waals surface area (Å²) in [6.07, 6.45) is 0. The second-order valence-electron chi connectivity index (χ2n) is 15.6. The van der Waals surface area contributed by atoms with Crippen molar-refractivity contribution in [2.24, 2.45) is 0 Å². The average Bonchev–Trinajstić information content (AvgIpc) is 4.05. The van der Waals surface area contributed by atoms with E-state index >= 15 is 0 Å². The molecule has 4 heterocycles. The average molecular weight is 827 g/mol. The van der Waals surface area contributed by atoms with Crippen molar-refractivity contribution < 1.29 is 6.85 Å². The van der Waals surface area contributed by atoms with Gasteiger partial charge >= 0.3 is 0 Å². The first-order valence-electron chi connectivity index (χ1n) is 23.3. The first kappa shape index (κ1) is 30.8. The molecule has 5 nitrogen and oxygen atoms in total. The third kappa shape index (κ3) is 5.73. The van der Waals surface area contributed by atoms with Gasteiger partial charge in [0, 0.05) is 69.8 Å². The maximum atomic E-state index is 8.79. The second-order valence-corrected chi connectivity index (χ2v) is 16.7. The first-order chi connectivity index (χ1) is 33.3. The molecule has 63 heavy (non-hydrogen) atoms. The van der Waals surface area contributed by atoms with E-state index in [0.29, 0.717) is 23.0 Å². The van der Waals surface area contributed by atoms with Crippen molar-refractivity contribution in [3.05, 3.63) is 212 Å². The van der Waals surface area contributed by atoms with Gasteiger partial charge < -0.3 is 9.13 Å². The Morgan fingerprint density at radius 1 is 0.365 bits per heavy atom. The predicted molar refractivity (Wildman–Crippen MR) is 263 cm³/mol. The van der Waals surface area contributed by atoms with E-state index in [2.05, 4.69) is 137 Å². The van der Waals surface area contributed by atoms with Crippen molar-refractivity contribution in [2.45, 2.75) is 0 Å². The van der Waals surface area contributed by atoms with Gasteiger partial charge in [0.2, 0.25) is 0 Å². The van der Waals surface area contributed by atoms with E-state index in [1.807, 2.05) is 54.6 Å². The lowest BCUT2D eigenvalue weighted by atomic mass is 10.0. The zero-order valence-electron chi connectivity index (χ0n) is 38.5. The van der Waals surface area contributed by atoms with Gasteiger partial charge in [0.1, 0.15) is 0 Å². The molecule has 9 aromatic carbocycles. The van der Waals surface area contributed by atoms with E-state index < -0.39 is 6.04 Å². The first-order valence-corrected chi connectivity index (χ1v) is 21.6. The lowest BCUT2D eigenvalue weighted by Gasteiger charge is -2.13.